The number of guanidine groups is 1. The van der Waals surface area contributed by atoms with Crippen LogP contribution in [-0.2, 0) is 0 Å². The van der Waals surface area contributed by atoms with Gasteiger partial charge in [0.1, 0.15) is 0 Å². The van der Waals surface area contributed by atoms with E-state index in [1.54, 1.807) is 11.8 Å². The third kappa shape index (κ3) is 5.00. The number of amidine groups is 1. The molecule has 0 aromatic rings. The average molecular weight is 286 g/mol. The van der Waals surface area contributed by atoms with E-state index in [1.807, 2.05) is 20.1 Å². The lowest BCUT2D eigenvalue weighted by molar-refractivity contribution is 0.286. The fourth-order valence-corrected chi connectivity index (χ4v) is 2.14. The molecule has 1 heterocycles. The van der Waals surface area contributed by atoms with Crippen molar-refractivity contribution in [1.29, 1.82) is 0 Å². The largest absolute Gasteiger partial charge is 0.351 e. The van der Waals surface area contributed by atoms with Crippen molar-refractivity contribution in [3.05, 3.63) is 0 Å². The van der Waals surface area contributed by atoms with Crippen molar-refractivity contribution in [2.75, 3.05) is 19.3 Å². The molecule has 0 atom stereocenters. The van der Waals surface area contributed by atoms with E-state index in [1.165, 1.54) is 0 Å². The maximum Gasteiger partial charge on any atom is 0.270 e. The highest BCUT2D eigenvalue weighted by Crippen LogP contribution is 2.13. The van der Waals surface area contributed by atoms with Gasteiger partial charge in [-0.2, -0.15) is 4.99 Å². The molecule has 0 saturated heterocycles. The normalized spacial score (nSPS) is 18.4. The lowest BCUT2D eigenvalue weighted by Crippen LogP contribution is -2.61. The van der Waals surface area contributed by atoms with E-state index in [4.69, 9.17) is 0 Å². The highest BCUT2D eigenvalue weighted by atomic mass is 32.2. The molecule has 1 aliphatic heterocycles. The molecule has 0 radical (unpaired) electrons. The molecule has 0 aliphatic carbocycles. The molecule has 0 saturated carbocycles. The Morgan fingerprint density at radius 1 is 1.16 bits per heavy atom. The lowest BCUT2D eigenvalue weighted by atomic mass is 10.1. The maximum atomic E-state index is 4.65. The molecule has 110 valence electrons. The molecule has 0 amide bonds. The molecule has 0 bridgehead atoms. The van der Waals surface area contributed by atoms with E-state index in [0.29, 0.717) is 0 Å². The standard InChI is InChI=1S/C12H26N6S/c1-7-13-12(14-8-2)17-9(16-11(3,4)5)15-10(18-12)19-6/h13-14H,7-8H2,1-6H3,(H2,15,16,17,18). The smallest absolute Gasteiger partial charge is 0.270 e. The van der Waals surface area contributed by atoms with E-state index in [0.717, 1.165) is 24.2 Å². The summed E-state index contributed by atoms with van der Waals surface area (Å²) in [5.74, 6) is -0.0468. The van der Waals surface area contributed by atoms with Gasteiger partial charge in [-0.15, -0.1) is 0 Å². The molecular formula is C12H26N6S. The number of nitrogens with zero attached hydrogens (tertiary/aromatic N) is 2. The van der Waals surface area contributed by atoms with E-state index < -0.39 is 5.91 Å². The average Bonchev–Trinajstić information content (AvgIpc) is 2.26. The monoisotopic (exact) mass is 286 g/mol. The minimum atomic E-state index is -0.777. The zero-order valence-corrected chi connectivity index (χ0v) is 13.5. The summed E-state index contributed by atoms with van der Waals surface area (Å²) in [6.07, 6.45) is 1.99. The van der Waals surface area contributed by atoms with Gasteiger partial charge in [-0.25, -0.2) is 4.99 Å². The van der Waals surface area contributed by atoms with E-state index in [2.05, 4.69) is 52.0 Å². The number of hydrogen-bond acceptors (Lipinski definition) is 7. The fraction of sp³-hybridized carbons (Fsp3) is 0.833. The van der Waals surface area contributed by atoms with Gasteiger partial charge in [0.25, 0.3) is 5.91 Å². The Bertz CT molecular complexity index is 352. The van der Waals surface area contributed by atoms with Gasteiger partial charge in [0.2, 0.25) is 5.96 Å². The van der Waals surface area contributed by atoms with Crippen LogP contribution >= 0.6 is 11.8 Å². The Hall–Kier alpha value is -0.790. The van der Waals surface area contributed by atoms with Crippen LogP contribution in [-0.4, -0.2) is 41.9 Å². The zero-order chi connectivity index (χ0) is 14.5. The Balaban J connectivity index is 3.02. The summed E-state index contributed by atoms with van der Waals surface area (Å²) in [5.41, 5.74) is -0.0587. The first kappa shape index (κ1) is 16.3. The van der Waals surface area contributed by atoms with Crippen LogP contribution in [0.4, 0.5) is 0 Å². The Morgan fingerprint density at radius 3 is 2.16 bits per heavy atom. The molecule has 0 fully saturated rings. The van der Waals surface area contributed by atoms with Gasteiger partial charge in [-0.1, -0.05) is 25.6 Å². The molecule has 7 heteroatoms. The van der Waals surface area contributed by atoms with Crippen LogP contribution in [0.3, 0.4) is 0 Å². The van der Waals surface area contributed by atoms with Crippen molar-refractivity contribution in [3.8, 4) is 0 Å². The van der Waals surface area contributed by atoms with Crippen molar-refractivity contribution in [2.45, 2.75) is 46.1 Å². The second-order valence-corrected chi connectivity index (χ2v) is 6.11. The molecule has 6 nitrogen and oxygen atoms in total. The predicted octanol–water partition coefficient (Wildman–Crippen LogP) is 0.883. The molecule has 1 rings (SSSR count). The summed E-state index contributed by atoms with van der Waals surface area (Å²) >= 11 is 1.57. The Labute approximate surface area is 120 Å². The van der Waals surface area contributed by atoms with Crippen molar-refractivity contribution in [2.24, 2.45) is 9.98 Å². The highest BCUT2D eigenvalue weighted by Gasteiger charge is 2.32. The molecule has 0 spiro atoms. The molecule has 19 heavy (non-hydrogen) atoms. The van der Waals surface area contributed by atoms with Crippen LogP contribution in [0.25, 0.3) is 0 Å². The van der Waals surface area contributed by atoms with Crippen molar-refractivity contribution >= 4 is 22.9 Å². The van der Waals surface area contributed by atoms with Crippen LogP contribution in [0.2, 0.25) is 0 Å². The second-order valence-electron chi connectivity index (χ2n) is 5.31. The van der Waals surface area contributed by atoms with Crippen molar-refractivity contribution in [1.82, 2.24) is 21.3 Å². The number of nitrogens with one attached hydrogen (secondary N) is 4. The summed E-state index contributed by atoms with van der Waals surface area (Å²) in [4.78, 5) is 9.26. The van der Waals surface area contributed by atoms with Gasteiger partial charge in [-0.3, -0.25) is 10.6 Å². The van der Waals surface area contributed by atoms with Crippen molar-refractivity contribution in [3.63, 3.8) is 0 Å². The third-order valence-electron chi connectivity index (χ3n) is 2.30. The first-order valence-corrected chi connectivity index (χ1v) is 7.85. The van der Waals surface area contributed by atoms with Gasteiger partial charge in [-0.05, 0) is 40.1 Å². The molecule has 4 N–H and O–H groups in total. The third-order valence-corrected chi connectivity index (χ3v) is 2.88. The number of thioether (sulfide) groups is 1. The summed E-state index contributed by atoms with van der Waals surface area (Å²) < 4.78 is 0. The summed E-state index contributed by atoms with van der Waals surface area (Å²) in [6.45, 7) is 12.0. The van der Waals surface area contributed by atoms with Crippen LogP contribution in [0.15, 0.2) is 9.98 Å². The molecule has 0 aromatic carbocycles. The minimum absolute atomic E-state index is 0.0587. The van der Waals surface area contributed by atoms with Gasteiger partial charge in [0.05, 0.1) is 0 Å². The van der Waals surface area contributed by atoms with Crippen LogP contribution in [0.5, 0.6) is 0 Å². The first-order chi connectivity index (χ1) is 8.84. The van der Waals surface area contributed by atoms with Crippen LogP contribution in [0, 0.1) is 0 Å². The molecule has 0 aromatic heterocycles. The first-order valence-electron chi connectivity index (χ1n) is 6.63. The van der Waals surface area contributed by atoms with Crippen molar-refractivity contribution < 1.29 is 0 Å². The molecule has 0 unspecified atom stereocenters. The van der Waals surface area contributed by atoms with E-state index in [-0.39, 0.29) is 5.54 Å². The molecule has 1 aliphatic rings. The summed E-state index contributed by atoms with van der Waals surface area (Å²) in [5, 5.41) is 14.0. The minimum Gasteiger partial charge on any atom is -0.351 e. The van der Waals surface area contributed by atoms with E-state index in [9.17, 15) is 0 Å². The van der Waals surface area contributed by atoms with Gasteiger partial charge >= 0.3 is 0 Å². The number of aliphatic imine (C=N–C) groups is 2. The van der Waals surface area contributed by atoms with Gasteiger partial charge in [0, 0.05) is 5.54 Å². The zero-order valence-electron chi connectivity index (χ0n) is 12.7. The van der Waals surface area contributed by atoms with Crippen LogP contribution in [0.1, 0.15) is 34.6 Å². The Morgan fingerprint density at radius 2 is 1.74 bits per heavy atom. The second kappa shape index (κ2) is 6.58. The van der Waals surface area contributed by atoms with Crippen LogP contribution < -0.4 is 21.3 Å². The summed E-state index contributed by atoms with van der Waals surface area (Å²) in [6, 6.07) is 0. The number of rotatable bonds is 4. The maximum absolute atomic E-state index is 4.65. The highest BCUT2D eigenvalue weighted by molar-refractivity contribution is 8.13. The van der Waals surface area contributed by atoms with Gasteiger partial charge < -0.3 is 10.6 Å². The fourth-order valence-electron chi connectivity index (χ4n) is 1.72. The predicted molar refractivity (Wildman–Crippen MR) is 84.5 cm³/mol. The number of hydrogen-bond donors (Lipinski definition) is 4. The lowest BCUT2D eigenvalue weighted by Gasteiger charge is -2.34. The van der Waals surface area contributed by atoms with E-state index >= 15 is 0 Å². The quantitative estimate of drug-likeness (QED) is 0.578. The molecular weight excluding hydrogens is 260 g/mol. The SMILES string of the molecule is CCNC1(NCC)N=C(NC(C)(C)C)NC(SC)=N1. The Kier molecular flexibility index (Phi) is 5.64. The summed E-state index contributed by atoms with van der Waals surface area (Å²) in [7, 11) is 0. The topological polar surface area (TPSA) is 72.8 Å². The van der Waals surface area contributed by atoms with Gasteiger partial charge in [0.15, 0.2) is 5.17 Å².